The van der Waals surface area contributed by atoms with Gasteiger partial charge in [0.05, 0.1) is 18.1 Å². The first kappa shape index (κ1) is 18.7. The minimum absolute atomic E-state index is 0.0697. The first-order chi connectivity index (χ1) is 10.9. The molecule has 1 rings (SSSR count). The van der Waals surface area contributed by atoms with E-state index in [0.29, 0.717) is 5.02 Å². The SMILES string of the molecule is CCOC(=O)C(C)/C(=N/Nc1cc(Cl)ccc1[N+](=O)[O-])OCC. The van der Waals surface area contributed by atoms with E-state index in [1.807, 2.05) is 0 Å². The fourth-order valence-electron chi connectivity index (χ4n) is 1.64. The number of nitrogens with one attached hydrogen (secondary N) is 1. The Bertz CT molecular complexity index is 606. The molecule has 1 unspecified atom stereocenters. The molecule has 23 heavy (non-hydrogen) atoms. The van der Waals surface area contributed by atoms with Crippen LogP contribution in [0, 0.1) is 16.0 Å². The van der Waals surface area contributed by atoms with Gasteiger partial charge in [0.1, 0.15) is 11.6 Å². The van der Waals surface area contributed by atoms with Crippen molar-refractivity contribution in [1.82, 2.24) is 0 Å². The molecule has 0 saturated heterocycles. The summed E-state index contributed by atoms with van der Waals surface area (Å²) in [5.74, 6) is -1.18. The maximum atomic E-state index is 11.8. The molecule has 0 radical (unpaired) electrons. The summed E-state index contributed by atoms with van der Waals surface area (Å²) in [7, 11) is 0. The fraction of sp³-hybridized carbons (Fsp3) is 0.429. The van der Waals surface area contributed by atoms with Crippen LogP contribution in [0.3, 0.4) is 0 Å². The molecule has 1 aromatic rings. The molecule has 1 N–H and O–H groups in total. The quantitative estimate of drug-likeness (QED) is 0.268. The van der Waals surface area contributed by atoms with Crippen LogP contribution in [-0.4, -0.2) is 30.0 Å². The Labute approximate surface area is 138 Å². The second-order valence-electron chi connectivity index (χ2n) is 4.39. The van der Waals surface area contributed by atoms with Crippen LogP contribution in [0.1, 0.15) is 20.8 Å². The highest BCUT2D eigenvalue weighted by Crippen LogP contribution is 2.27. The number of hydrazone groups is 1. The number of hydrogen-bond donors (Lipinski definition) is 1. The Morgan fingerprint density at radius 1 is 1.39 bits per heavy atom. The van der Waals surface area contributed by atoms with E-state index in [9.17, 15) is 14.9 Å². The van der Waals surface area contributed by atoms with E-state index < -0.39 is 16.8 Å². The minimum Gasteiger partial charge on any atom is -0.479 e. The van der Waals surface area contributed by atoms with Gasteiger partial charge in [-0.2, -0.15) is 0 Å². The molecule has 0 bridgehead atoms. The number of nitro groups is 1. The van der Waals surface area contributed by atoms with Crippen LogP contribution in [0.15, 0.2) is 23.3 Å². The zero-order chi connectivity index (χ0) is 17.4. The average Bonchev–Trinajstić information content (AvgIpc) is 2.50. The van der Waals surface area contributed by atoms with E-state index in [2.05, 4.69) is 10.5 Å². The van der Waals surface area contributed by atoms with Crippen molar-refractivity contribution < 1.29 is 19.2 Å². The minimum atomic E-state index is -0.749. The number of nitrogens with zero attached hydrogens (tertiary/aromatic N) is 2. The van der Waals surface area contributed by atoms with Crippen molar-refractivity contribution in [2.75, 3.05) is 18.6 Å². The molecule has 1 aromatic carbocycles. The van der Waals surface area contributed by atoms with Crippen molar-refractivity contribution in [3.63, 3.8) is 0 Å². The third-order valence-corrected chi connectivity index (χ3v) is 2.98. The molecule has 0 aromatic heterocycles. The Morgan fingerprint density at radius 3 is 2.61 bits per heavy atom. The largest absolute Gasteiger partial charge is 0.479 e. The summed E-state index contributed by atoms with van der Waals surface area (Å²) in [6.07, 6.45) is 0. The van der Waals surface area contributed by atoms with Crippen molar-refractivity contribution in [3.05, 3.63) is 33.3 Å². The van der Waals surface area contributed by atoms with Crippen LogP contribution < -0.4 is 5.43 Å². The van der Waals surface area contributed by atoms with Gasteiger partial charge < -0.3 is 9.47 Å². The molecule has 1 atom stereocenters. The van der Waals surface area contributed by atoms with Gasteiger partial charge in [-0.05, 0) is 32.9 Å². The Hall–Kier alpha value is -2.35. The summed E-state index contributed by atoms with van der Waals surface area (Å²) in [6, 6.07) is 4.02. The summed E-state index contributed by atoms with van der Waals surface area (Å²) in [5, 5.41) is 15.3. The molecule has 0 spiro atoms. The topological polar surface area (TPSA) is 103 Å². The molecule has 0 fully saturated rings. The third-order valence-electron chi connectivity index (χ3n) is 2.74. The second kappa shape index (κ2) is 8.94. The maximum absolute atomic E-state index is 11.8. The number of esters is 1. The van der Waals surface area contributed by atoms with E-state index in [-0.39, 0.29) is 30.5 Å². The fourth-order valence-corrected chi connectivity index (χ4v) is 1.81. The summed E-state index contributed by atoms with van der Waals surface area (Å²) in [4.78, 5) is 22.2. The van der Waals surface area contributed by atoms with Gasteiger partial charge in [-0.3, -0.25) is 20.3 Å². The molecule has 0 amide bonds. The highest BCUT2D eigenvalue weighted by Gasteiger charge is 2.23. The second-order valence-corrected chi connectivity index (χ2v) is 4.82. The smallest absolute Gasteiger partial charge is 0.318 e. The molecule has 0 aliphatic heterocycles. The Balaban J connectivity index is 3.04. The number of rotatable bonds is 7. The summed E-state index contributed by atoms with van der Waals surface area (Å²) >= 11 is 5.84. The number of halogens is 1. The first-order valence-corrected chi connectivity index (χ1v) is 7.35. The monoisotopic (exact) mass is 343 g/mol. The molecule has 0 aliphatic rings. The van der Waals surface area contributed by atoms with Crippen molar-refractivity contribution >= 4 is 34.8 Å². The number of benzene rings is 1. The van der Waals surface area contributed by atoms with Crippen LogP contribution in [0.2, 0.25) is 5.02 Å². The number of carbonyl (C=O) groups excluding carboxylic acids is 1. The standard InChI is InChI=1S/C14H18ClN3O5/c1-4-22-13(9(3)14(19)23-5-2)17-16-11-8-10(15)6-7-12(11)18(20)21/h6-9,16H,4-5H2,1-3H3/b17-13-. The predicted molar refractivity (Wildman–Crippen MR) is 86.6 cm³/mol. The zero-order valence-electron chi connectivity index (χ0n) is 13.0. The van der Waals surface area contributed by atoms with Gasteiger partial charge >= 0.3 is 5.97 Å². The van der Waals surface area contributed by atoms with Crippen molar-refractivity contribution in [3.8, 4) is 0 Å². The third kappa shape index (κ3) is 5.41. The number of hydrogen-bond acceptors (Lipinski definition) is 7. The van der Waals surface area contributed by atoms with Gasteiger partial charge in [0.15, 0.2) is 0 Å². The van der Waals surface area contributed by atoms with E-state index >= 15 is 0 Å². The number of carbonyl (C=O) groups is 1. The maximum Gasteiger partial charge on any atom is 0.318 e. The first-order valence-electron chi connectivity index (χ1n) is 6.97. The molecule has 126 valence electrons. The molecule has 0 saturated carbocycles. The lowest BCUT2D eigenvalue weighted by Gasteiger charge is -2.14. The molecule has 0 aliphatic carbocycles. The van der Waals surface area contributed by atoms with Crippen LogP contribution in [-0.2, 0) is 14.3 Å². The van der Waals surface area contributed by atoms with Gasteiger partial charge in [-0.25, -0.2) is 0 Å². The molecule has 9 heteroatoms. The van der Waals surface area contributed by atoms with Crippen molar-refractivity contribution in [2.45, 2.75) is 20.8 Å². The van der Waals surface area contributed by atoms with Crippen LogP contribution in [0.25, 0.3) is 0 Å². The Kier molecular flexibility index (Phi) is 7.27. The molecule has 0 heterocycles. The van der Waals surface area contributed by atoms with Crippen LogP contribution >= 0.6 is 11.6 Å². The summed E-state index contributed by atoms with van der Waals surface area (Å²) in [6.45, 7) is 5.50. The van der Waals surface area contributed by atoms with Gasteiger partial charge in [-0.15, -0.1) is 5.10 Å². The lowest BCUT2D eigenvalue weighted by atomic mass is 10.2. The Morgan fingerprint density at radius 2 is 2.04 bits per heavy atom. The zero-order valence-corrected chi connectivity index (χ0v) is 13.8. The predicted octanol–water partition coefficient (Wildman–Crippen LogP) is 3.21. The molecular formula is C14H18ClN3O5. The van der Waals surface area contributed by atoms with Crippen molar-refractivity contribution in [1.29, 1.82) is 0 Å². The van der Waals surface area contributed by atoms with Gasteiger partial charge in [0.2, 0.25) is 5.90 Å². The normalized spacial score (nSPS) is 12.4. The molecular weight excluding hydrogens is 326 g/mol. The van der Waals surface area contributed by atoms with Gasteiger partial charge in [0, 0.05) is 11.1 Å². The van der Waals surface area contributed by atoms with Crippen molar-refractivity contribution in [2.24, 2.45) is 11.0 Å². The van der Waals surface area contributed by atoms with E-state index in [1.165, 1.54) is 18.2 Å². The van der Waals surface area contributed by atoms with Crippen LogP contribution in [0.5, 0.6) is 0 Å². The lowest BCUT2D eigenvalue weighted by Crippen LogP contribution is -2.26. The highest BCUT2D eigenvalue weighted by molar-refractivity contribution is 6.31. The average molecular weight is 344 g/mol. The summed E-state index contributed by atoms with van der Waals surface area (Å²) < 4.78 is 10.2. The van der Waals surface area contributed by atoms with Gasteiger partial charge in [0.25, 0.3) is 5.69 Å². The van der Waals surface area contributed by atoms with Crippen LogP contribution in [0.4, 0.5) is 11.4 Å². The lowest BCUT2D eigenvalue weighted by molar-refractivity contribution is -0.384. The van der Waals surface area contributed by atoms with E-state index in [4.69, 9.17) is 21.1 Å². The molecule has 8 nitrogen and oxygen atoms in total. The highest BCUT2D eigenvalue weighted by atomic mass is 35.5. The summed E-state index contributed by atoms with van der Waals surface area (Å²) in [5.41, 5.74) is 2.42. The van der Waals surface area contributed by atoms with Gasteiger partial charge in [-0.1, -0.05) is 11.6 Å². The number of anilines is 1. The number of ether oxygens (including phenoxy) is 2. The van der Waals surface area contributed by atoms with E-state index in [0.717, 1.165) is 0 Å². The number of nitro benzene ring substituents is 1. The van der Waals surface area contributed by atoms with E-state index in [1.54, 1.807) is 20.8 Å².